The third kappa shape index (κ3) is 2.12. The normalized spacial score (nSPS) is 35.8. The van der Waals surface area contributed by atoms with E-state index in [9.17, 15) is 0 Å². The van der Waals surface area contributed by atoms with Gasteiger partial charge in [-0.2, -0.15) is 0 Å². The maximum absolute atomic E-state index is 8.89. The quantitative estimate of drug-likeness (QED) is 0.684. The van der Waals surface area contributed by atoms with Gasteiger partial charge < -0.3 is 10.4 Å². The Labute approximate surface area is 80.1 Å². The number of piperidine rings is 1. The minimum Gasteiger partial charge on any atom is -0.396 e. The molecule has 72 valence electrons. The van der Waals surface area contributed by atoms with Crippen LogP contribution in [0.4, 0.5) is 0 Å². The van der Waals surface area contributed by atoms with Crippen LogP contribution in [0, 0.1) is 17.8 Å². The molecule has 1 aliphatic carbocycles. The van der Waals surface area contributed by atoms with Gasteiger partial charge in [0, 0.05) is 6.61 Å². The standard InChI is InChI=1S/C9H17NO.ClH/c11-6-8-5-9(8)7-1-3-10-4-2-7;/h7-11H,1-6H2;1H/t8-,9+;/m0./s1. The first kappa shape index (κ1) is 10.3. The highest BCUT2D eigenvalue weighted by Gasteiger charge is 2.41. The van der Waals surface area contributed by atoms with Gasteiger partial charge in [0.25, 0.3) is 0 Å². The van der Waals surface area contributed by atoms with Crippen LogP contribution >= 0.6 is 12.4 Å². The molecule has 0 amide bonds. The van der Waals surface area contributed by atoms with E-state index < -0.39 is 0 Å². The molecule has 0 aromatic carbocycles. The fraction of sp³-hybridized carbons (Fsp3) is 1.00. The lowest BCUT2D eigenvalue weighted by atomic mass is 9.92. The Hall–Kier alpha value is 0.210. The molecule has 1 aliphatic heterocycles. The first-order chi connectivity index (χ1) is 5.42. The second kappa shape index (κ2) is 4.45. The van der Waals surface area contributed by atoms with Crippen LogP contribution in [0.5, 0.6) is 0 Å². The fourth-order valence-corrected chi connectivity index (χ4v) is 2.33. The van der Waals surface area contributed by atoms with Crippen LogP contribution in [-0.2, 0) is 0 Å². The van der Waals surface area contributed by atoms with Crippen LogP contribution in [0.15, 0.2) is 0 Å². The molecular weight excluding hydrogens is 174 g/mol. The van der Waals surface area contributed by atoms with E-state index in [0.717, 1.165) is 11.8 Å². The Bertz CT molecular complexity index is 136. The summed E-state index contributed by atoms with van der Waals surface area (Å²) in [5.41, 5.74) is 0. The van der Waals surface area contributed by atoms with Crippen molar-refractivity contribution >= 4 is 12.4 Å². The summed E-state index contributed by atoms with van der Waals surface area (Å²) in [6.07, 6.45) is 3.96. The predicted octanol–water partition coefficient (Wildman–Crippen LogP) is 1.04. The Morgan fingerprint density at radius 1 is 1.25 bits per heavy atom. The maximum Gasteiger partial charge on any atom is 0.0462 e. The zero-order chi connectivity index (χ0) is 7.68. The third-order valence-corrected chi connectivity index (χ3v) is 3.20. The van der Waals surface area contributed by atoms with Crippen molar-refractivity contribution in [3.8, 4) is 0 Å². The molecule has 2 rings (SSSR count). The number of nitrogens with one attached hydrogen (secondary N) is 1. The summed E-state index contributed by atoms with van der Waals surface area (Å²) >= 11 is 0. The van der Waals surface area contributed by atoms with Gasteiger partial charge in [-0.1, -0.05) is 0 Å². The number of hydrogen-bond acceptors (Lipinski definition) is 2. The highest BCUT2D eigenvalue weighted by atomic mass is 35.5. The van der Waals surface area contributed by atoms with Gasteiger partial charge in [-0.25, -0.2) is 0 Å². The molecule has 1 saturated heterocycles. The lowest BCUT2D eigenvalue weighted by molar-refractivity contribution is 0.245. The zero-order valence-electron chi connectivity index (χ0n) is 7.33. The van der Waals surface area contributed by atoms with E-state index in [4.69, 9.17) is 5.11 Å². The summed E-state index contributed by atoms with van der Waals surface area (Å²) in [7, 11) is 0. The van der Waals surface area contributed by atoms with Gasteiger partial charge in [-0.05, 0) is 50.1 Å². The Balaban J connectivity index is 0.000000720. The van der Waals surface area contributed by atoms with Crippen molar-refractivity contribution < 1.29 is 5.11 Å². The zero-order valence-corrected chi connectivity index (χ0v) is 8.15. The Morgan fingerprint density at radius 2 is 1.92 bits per heavy atom. The lowest BCUT2D eigenvalue weighted by Crippen LogP contribution is -2.29. The summed E-state index contributed by atoms with van der Waals surface area (Å²) < 4.78 is 0. The predicted molar refractivity (Wildman–Crippen MR) is 51.5 cm³/mol. The Morgan fingerprint density at radius 3 is 2.42 bits per heavy atom. The van der Waals surface area contributed by atoms with Gasteiger partial charge in [0.15, 0.2) is 0 Å². The molecular formula is C9H18ClNO. The van der Waals surface area contributed by atoms with E-state index >= 15 is 0 Å². The Kier molecular flexibility index (Phi) is 3.81. The lowest BCUT2D eigenvalue weighted by Gasteiger charge is -2.22. The molecule has 3 heteroatoms. The molecule has 2 fully saturated rings. The monoisotopic (exact) mass is 191 g/mol. The molecule has 2 N–H and O–H groups in total. The molecule has 0 aromatic rings. The van der Waals surface area contributed by atoms with E-state index in [0.29, 0.717) is 12.5 Å². The minimum absolute atomic E-state index is 0. The van der Waals surface area contributed by atoms with Crippen molar-refractivity contribution in [2.24, 2.45) is 17.8 Å². The van der Waals surface area contributed by atoms with Crippen LogP contribution in [-0.4, -0.2) is 24.8 Å². The van der Waals surface area contributed by atoms with Crippen LogP contribution in [0.3, 0.4) is 0 Å². The second-order valence-corrected chi connectivity index (χ2v) is 3.93. The van der Waals surface area contributed by atoms with E-state index in [1.807, 2.05) is 0 Å². The number of aliphatic hydroxyl groups is 1. The summed E-state index contributed by atoms with van der Waals surface area (Å²) in [5.74, 6) is 2.47. The van der Waals surface area contributed by atoms with Crippen LogP contribution in [0.25, 0.3) is 0 Å². The van der Waals surface area contributed by atoms with Gasteiger partial charge in [0.05, 0.1) is 0 Å². The first-order valence-electron chi connectivity index (χ1n) is 4.73. The largest absolute Gasteiger partial charge is 0.396 e. The second-order valence-electron chi connectivity index (χ2n) is 3.93. The highest BCUT2D eigenvalue weighted by molar-refractivity contribution is 5.85. The molecule has 0 bridgehead atoms. The SMILES string of the molecule is Cl.OC[C@@H]1C[C@@H]1C1CCNCC1. The molecule has 12 heavy (non-hydrogen) atoms. The van der Waals surface area contributed by atoms with Gasteiger partial charge in [-0.3, -0.25) is 0 Å². The average Bonchev–Trinajstić information content (AvgIpc) is 2.85. The van der Waals surface area contributed by atoms with Gasteiger partial charge in [-0.15, -0.1) is 12.4 Å². The topological polar surface area (TPSA) is 32.3 Å². The molecule has 2 aliphatic rings. The molecule has 0 aromatic heterocycles. The maximum atomic E-state index is 8.89. The molecule has 0 spiro atoms. The summed E-state index contributed by atoms with van der Waals surface area (Å²) in [5, 5.41) is 12.3. The van der Waals surface area contributed by atoms with Crippen molar-refractivity contribution in [2.45, 2.75) is 19.3 Å². The number of aliphatic hydroxyl groups excluding tert-OH is 1. The highest BCUT2D eigenvalue weighted by Crippen LogP contribution is 2.46. The van der Waals surface area contributed by atoms with Crippen LogP contribution < -0.4 is 5.32 Å². The third-order valence-electron chi connectivity index (χ3n) is 3.20. The van der Waals surface area contributed by atoms with Crippen LogP contribution in [0.1, 0.15) is 19.3 Å². The van der Waals surface area contributed by atoms with E-state index in [1.54, 1.807) is 0 Å². The number of rotatable bonds is 2. The van der Waals surface area contributed by atoms with Gasteiger partial charge >= 0.3 is 0 Å². The van der Waals surface area contributed by atoms with Crippen LogP contribution in [0.2, 0.25) is 0 Å². The van der Waals surface area contributed by atoms with Crippen molar-refractivity contribution in [3.63, 3.8) is 0 Å². The first-order valence-corrected chi connectivity index (χ1v) is 4.73. The average molecular weight is 192 g/mol. The number of halogens is 1. The van der Waals surface area contributed by atoms with Gasteiger partial charge in [0.1, 0.15) is 0 Å². The van der Waals surface area contributed by atoms with E-state index in [-0.39, 0.29) is 12.4 Å². The molecule has 0 radical (unpaired) electrons. The van der Waals surface area contributed by atoms with Crippen molar-refractivity contribution in [3.05, 3.63) is 0 Å². The van der Waals surface area contributed by atoms with Gasteiger partial charge in [0.2, 0.25) is 0 Å². The number of hydrogen-bond donors (Lipinski definition) is 2. The summed E-state index contributed by atoms with van der Waals surface area (Å²) in [4.78, 5) is 0. The molecule has 1 saturated carbocycles. The molecule has 2 atom stereocenters. The molecule has 2 nitrogen and oxygen atoms in total. The summed E-state index contributed by atoms with van der Waals surface area (Å²) in [6.45, 7) is 2.81. The molecule has 0 unspecified atom stereocenters. The fourth-order valence-electron chi connectivity index (χ4n) is 2.33. The van der Waals surface area contributed by atoms with Crippen molar-refractivity contribution in [1.29, 1.82) is 0 Å². The van der Waals surface area contributed by atoms with Crippen molar-refractivity contribution in [1.82, 2.24) is 5.32 Å². The smallest absolute Gasteiger partial charge is 0.0462 e. The molecule has 1 heterocycles. The minimum atomic E-state index is 0. The van der Waals surface area contributed by atoms with E-state index in [1.165, 1.54) is 32.4 Å². The summed E-state index contributed by atoms with van der Waals surface area (Å²) in [6, 6.07) is 0. The van der Waals surface area contributed by atoms with E-state index in [2.05, 4.69) is 5.32 Å². The van der Waals surface area contributed by atoms with Crippen molar-refractivity contribution in [2.75, 3.05) is 19.7 Å².